The second-order valence-electron chi connectivity index (χ2n) is 10.0. The number of aliphatic hydroxyl groups is 2. The SMILES string of the molecule is COC[C@](COCc1nn[nH]n1)(OC[C@H]1O[C@@H](c2ccc3c(NC4CCCC4)nc(Cl)nn23)[C@H](O)[C@@H]1O)P(=O)(O)O. The fraction of sp³-hybridized carbons (Fsp3) is 0.682. The van der Waals surface area contributed by atoms with Crippen LogP contribution < -0.4 is 5.32 Å². The van der Waals surface area contributed by atoms with E-state index in [4.69, 9.17) is 30.5 Å². The lowest BCUT2D eigenvalue weighted by atomic mass is 10.1. The number of fused-ring (bicyclic) bond motifs is 1. The minimum absolute atomic E-state index is 0.0184. The monoisotopic (exact) mass is 618 g/mol. The molecular formula is C22H32ClN8O9P. The van der Waals surface area contributed by atoms with Crippen LogP contribution in [0.25, 0.3) is 5.52 Å². The first-order valence-corrected chi connectivity index (χ1v) is 14.9. The molecule has 41 heavy (non-hydrogen) atoms. The summed E-state index contributed by atoms with van der Waals surface area (Å²) >= 11 is 6.22. The summed E-state index contributed by atoms with van der Waals surface area (Å²) < 4.78 is 36.1. The Labute approximate surface area is 238 Å². The lowest BCUT2D eigenvalue weighted by Gasteiger charge is -2.34. The lowest BCUT2D eigenvalue weighted by Crippen LogP contribution is -2.45. The van der Waals surface area contributed by atoms with Crippen molar-refractivity contribution in [1.29, 1.82) is 0 Å². The molecule has 4 heterocycles. The summed E-state index contributed by atoms with van der Waals surface area (Å²) in [6.07, 6.45) is -0.828. The maximum absolute atomic E-state index is 12.5. The molecule has 0 radical (unpaired) electrons. The predicted molar refractivity (Wildman–Crippen MR) is 140 cm³/mol. The second kappa shape index (κ2) is 12.5. The molecule has 0 unspecified atom stereocenters. The molecule has 1 aliphatic carbocycles. The van der Waals surface area contributed by atoms with Crippen LogP contribution >= 0.6 is 19.2 Å². The molecule has 3 aromatic rings. The molecule has 2 aliphatic rings. The molecule has 0 bridgehead atoms. The van der Waals surface area contributed by atoms with Gasteiger partial charge in [0.2, 0.25) is 10.6 Å². The van der Waals surface area contributed by atoms with Crippen LogP contribution in [-0.2, 0) is 30.1 Å². The van der Waals surface area contributed by atoms with Crippen molar-refractivity contribution in [1.82, 2.24) is 35.2 Å². The maximum atomic E-state index is 12.5. The third kappa shape index (κ3) is 6.39. The number of anilines is 1. The number of halogens is 1. The second-order valence-corrected chi connectivity index (χ2v) is 12.3. The molecule has 19 heteroatoms. The van der Waals surface area contributed by atoms with Crippen LogP contribution in [-0.4, -0.2) is 112 Å². The quantitative estimate of drug-likeness (QED) is 0.140. The zero-order valence-corrected chi connectivity index (χ0v) is 23.7. The molecular weight excluding hydrogens is 587 g/mol. The van der Waals surface area contributed by atoms with Gasteiger partial charge in [-0.2, -0.15) is 10.2 Å². The van der Waals surface area contributed by atoms with Gasteiger partial charge in [-0.1, -0.05) is 18.1 Å². The molecule has 1 aliphatic heterocycles. The Hall–Kier alpha value is -2.31. The van der Waals surface area contributed by atoms with Crippen molar-refractivity contribution in [3.63, 3.8) is 0 Å². The van der Waals surface area contributed by atoms with E-state index in [1.165, 1.54) is 11.6 Å². The molecule has 0 amide bonds. The van der Waals surface area contributed by atoms with E-state index >= 15 is 0 Å². The minimum Gasteiger partial charge on any atom is -0.387 e. The van der Waals surface area contributed by atoms with Gasteiger partial charge in [-0.05, 0) is 36.6 Å². The Kier molecular flexibility index (Phi) is 9.20. The number of aromatic nitrogens is 7. The summed E-state index contributed by atoms with van der Waals surface area (Å²) in [6, 6.07) is 3.70. The topological polar surface area (TPSA) is 232 Å². The summed E-state index contributed by atoms with van der Waals surface area (Å²) in [5.41, 5.74) is 1.01. The van der Waals surface area contributed by atoms with Gasteiger partial charge in [0.1, 0.15) is 36.5 Å². The van der Waals surface area contributed by atoms with Crippen LogP contribution in [0.2, 0.25) is 5.28 Å². The third-order valence-corrected chi connectivity index (χ3v) is 8.84. The molecule has 5 atom stereocenters. The van der Waals surface area contributed by atoms with E-state index in [1.807, 2.05) is 0 Å². The van der Waals surface area contributed by atoms with Crippen LogP contribution in [0.5, 0.6) is 0 Å². The lowest BCUT2D eigenvalue weighted by molar-refractivity contribution is -0.130. The van der Waals surface area contributed by atoms with Crippen LogP contribution in [0.3, 0.4) is 0 Å². The summed E-state index contributed by atoms with van der Waals surface area (Å²) in [6.45, 7) is -1.88. The number of rotatable bonds is 13. The van der Waals surface area contributed by atoms with Gasteiger partial charge in [0.25, 0.3) is 0 Å². The van der Waals surface area contributed by atoms with Crippen LogP contribution in [0.4, 0.5) is 5.82 Å². The zero-order valence-electron chi connectivity index (χ0n) is 22.0. The number of ether oxygens (including phenoxy) is 4. The fourth-order valence-corrected chi connectivity index (χ4v) is 6.05. The van der Waals surface area contributed by atoms with Crippen molar-refractivity contribution >= 4 is 30.5 Å². The average molecular weight is 619 g/mol. The van der Waals surface area contributed by atoms with E-state index in [0.717, 1.165) is 25.7 Å². The van der Waals surface area contributed by atoms with Gasteiger partial charge in [-0.3, -0.25) is 4.57 Å². The highest BCUT2D eigenvalue weighted by Crippen LogP contribution is 2.52. The van der Waals surface area contributed by atoms with E-state index < -0.39 is 57.2 Å². The van der Waals surface area contributed by atoms with Gasteiger partial charge in [-0.25, -0.2) is 4.52 Å². The van der Waals surface area contributed by atoms with E-state index in [9.17, 15) is 24.6 Å². The largest absolute Gasteiger partial charge is 0.387 e. The molecule has 3 aromatic heterocycles. The van der Waals surface area contributed by atoms with Crippen LogP contribution in [0, 0.1) is 0 Å². The zero-order chi connectivity index (χ0) is 29.2. The highest BCUT2D eigenvalue weighted by atomic mass is 35.5. The van der Waals surface area contributed by atoms with Crippen LogP contribution in [0.15, 0.2) is 12.1 Å². The number of aliphatic hydroxyl groups excluding tert-OH is 2. The first-order valence-electron chi connectivity index (χ1n) is 12.9. The third-order valence-electron chi connectivity index (χ3n) is 7.23. The number of methoxy groups -OCH3 is 1. The summed E-state index contributed by atoms with van der Waals surface area (Å²) in [4.78, 5) is 24.7. The van der Waals surface area contributed by atoms with Gasteiger partial charge in [0.05, 0.1) is 25.5 Å². The Morgan fingerprint density at radius 3 is 2.71 bits per heavy atom. The van der Waals surface area contributed by atoms with Crippen molar-refractivity contribution < 1.29 is 43.5 Å². The molecule has 1 saturated heterocycles. The number of aromatic amines is 1. The van der Waals surface area contributed by atoms with Gasteiger partial charge < -0.3 is 44.3 Å². The first-order chi connectivity index (χ1) is 19.6. The molecule has 226 valence electrons. The molecule has 5 rings (SSSR count). The van der Waals surface area contributed by atoms with Crippen molar-refractivity contribution in [2.45, 2.75) is 68.1 Å². The number of nitrogens with one attached hydrogen (secondary N) is 2. The molecule has 6 N–H and O–H groups in total. The van der Waals surface area contributed by atoms with E-state index in [-0.39, 0.29) is 23.8 Å². The van der Waals surface area contributed by atoms with Crippen molar-refractivity contribution in [2.24, 2.45) is 0 Å². The number of tetrazole rings is 1. The smallest absolute Gasteiger partial charge is 0.361 e. The van der Waals surface area contributed by atoms with E-state index in [2.05, 4.69) is 36.0 Å². The number of hydrogen-bond acceptors (Lipinski definition) is 13. The van der Waals surface area contributed by atoms with Gasteiger partial charge in [-0.15, -0.1) is 15.3 Å². The number of H-pyrrole nitrogens is 1. The average Bonchev–Trinajstić information content (AvgIpc) is 3.73. The van der Waals surface area contributed by atoms with Crippen molar-refractivity contribution in [3.05, 3.63) is 28.9 Å². The molecule has 0 spiro atoms. The number of nitrogens with zero attached hydrogens (tertiary/aromatic N) is 6. The van der Waals surface area contributed by atoms with Crippen molar-refractivity contribution in [3.8, 4) is 0 Å². The molecule has 1 saturated carbocycles. The Morgan fingerprint density at radius 1 is 1.24 bits per heavy atom. The van der Waals surface area contributed by atoms with E-state index in [0.29, 0.717) is 17.0 Å². The Balaban J connectivity index is 1.32. The van der Waals surface area contributed by atoms with Gasteiger partial charge in [0.15, 0.2) is 11.6 Å². The standard InChI is InChI=1S/C22H32ClN8O9P/c1-37-10-22(41(34,35)36,11-38-9-16-26-29-30-27-16)39-8-15-17(32)18(33)19(40-15)13-6-7-14-20(24-12-4-2-3-5-12)25-21(23)28-31(13)14/h6-7,12,15,17-19,32-33H,2-5,8-11H2,1H3,(H,24,25,28)(H2,34,35,36)(H,26,27,29,30)/t15-,17-,18-,19+,22+/m1/s1. The normalized spacial score (nSPS) is 25.2. The first kappa shape index (κ1) is 30.2. The van der Waals surface area contributed by atoms with E-state index in [1.54, 1.807) is 12.1 Å². The highest BCUT2D eigenvalue weighted by Gasteiger charge is 2.52. The van der Waals surface area contributed by atoms with Gasteiger partial charge in [0, 0.05) is 13.2 Å². The fourth-order valence-electron chi connectivity index (χ4n) is 5.09. The molecule has 0 aromatic carbocycles. The minimum atomic E-state index is -5.02. The Morgan fingerprint density at radius 2 is 2.02 bits per heavy atom. The predicted octanol–water partition coefficient (Wildman–Crippen LogP) is 0.166. The molecule has 2 fully saturated rings. The summed E-state index contributed by atoms with van der Waals surface area (Å²) in [7, 11) is -3.78. The van der Waals surface area contributed by atoms with Crippen molar-refractivity contribution in [2.75, 3.05) is 32.2 Å². The summed E-state index contributed by atoms with van der Waals surface area (Å²) in [5, 5.41) is 40.2. The molecule has 17 nitrogen and oxygen atoms in total. The van der Waals surface area contributed by atoms with Crippen LogP contribution in [0.1, 0.15) is 43.3 Å². The maximum Gasteiger partial charge on any atom is 0.361 e. The van der Waals surface area contributed by atoms with Gasteiger partial charge >= 0.3 is 7.60 Å². The highest BCUT2D eigenvalue weighted by molar-refractivity contribution is 7.53. The number of hydrogen-bond donors (Lipinski definition) is 6. The Bertz CT molecular complexity index is 1350. The summed E-state index contributed by atoms with van der Waals surface area (Å²) in [5.74, 6) is 0.704.